The van der Waals surface area contributed by atoms with Crippen molar-refractivity contribution in [2.24, 2.45) is 0 Å². The third-order valence-corrected chi connectivity index (χ3v) is 6.11. The lowest BCUT2D eigenvalue weighted by Crippen LogP contribution is -2.50. The van der Waals surface area contributed by atoms with Gasteiger partial charge < -0.3 is 9.80 Å². The Morgan fingerprint density at radius 1 is 0.933 bits per heavy atom. The van der Waals surface area contributed by atoms with Gasteiger partial charge in [-0.1, -0.05) is 36.4 Å². The predicted molar refractivity (Wildman–Crippen MR) is 120 cm³/mol. The summed E-state index contributed by atoms with van der Waals surface area (Å²) in [6.07, 6.45) is 1.02. The van der Waals surface area contributed by atoms with E-state index in [1.54, 1.807) is 23.9 Å². The van der Waals surface area contributed by atoms with Crippen molar-refractivity contribution in [3.05, 3.63) is 60.2 Å². The number of carbonyl (C=O) groups excluding carboxylic acids is 2. The molecule has 0 aromatic heterocycles. The van der Waals surface area contributed by atoms with Crippen LogP contribution in [0, 0.1) is 0 Å². The Labute approximate surface area is 178 Å². The fourth-order valence-corrected chi connectivity index (χ4v) is 4.43. The molecule has 6 nitrogen and oxygen atoms in total. The molecule has 6 heteroatoms. The van der Waals surface area contributed by atoms with Crippen LogP contribution in [-0.2, 0) is 16.0 Å². The molecular formula is C24H30N4O2. The molecule has 1 atom stereocenters. The SMILES string of the molecule is CN(C)C(=O)C1Cc2ccccc2N1C(=O)CCN1CCN(c2ccccc2)CC1. The number of nitrogens with zero attached hydrogens (tertiary/aromatic N) is 4. The molecule has 158 valence electrons. The summed E-state index contributed by atoms with van der Waals surface area (Å²) in [6, 6.07) is 17.9. The van der Waals surface area contributed by atoms with E-state index >= 15 is 0 Å². The Balaban J connectivity index is 1.36. The summed E-state index contributed by atoms with van der Waals surface area (Å²) in [7, 11) is 3.50. The van der Waals surface area contributed by atoms with Crippen molar-refractivity contribution in [1.82, 2.24) is 9.80 Å². The highest BCUT2D eigenvalue weighted by Crippen LogP contribution is 2.33. The van der Waals surface area contributed by atoms with Gasteiger partial charge in [-0.15, -0.1) is 0 Å². The van der Waals surface area contributed by atoms with E-state index in [0.29, 0.717) is 12.8 Å². The van der Waals surface area contributed by atoms with Crippen LogP contribution in [0.1, 0.15) is 12.0 Å². The number of hydrogen-bond acceptors (Lipinski definition) is 4. The lowest BCUT2D eigenvalue weighted by molar-refractivity contribution is -0.132. The zero-order chi connectivity index (χ0) is 21.1. The molecule has 30 heavy (non-hydrogen) atoms. The number of anilines is 2. The normalized spacial score (nSPS) is 18.9. The fourth-order valence-electron chi connectivity index (χ4n) is 4.43. The number of piperazine rings is 1. The second kappa shape index (κ2) is 8.88. The van der Waals surface area contributed by atoms with E-state index in [0.717, 1.165) is 44.0 Å². The van der Waals surface area contributed by atoms with E-state index in [9.17, 15) is 9.59 Å². The molecule has 0 radical (unpaired) electrons. The highest BCUT2D eigenvalue weighted by atomic mass is 16.2. The first kappa shape index (κ1) is 20.4. The van der Waals surface area contributed by atoms with Crippen LogP contribution < -0.4 is 9.80 Å². The van der Waals surface area contributed by atoms with E-state index in [-0.39, 0.29) is 11.8 Å². The zero-order valence-electron chi connectivity index (χ0n) is 17.8. The lowest BCUT2D eigenvalue weighted by atomic mass is 10.1. The highest BCUT2D eigenvalue weighted by molar-refractivity contribution is 6.03. The predicted octanol–water partition coefficient (Wildman–Crippen LogP) is 2.24. The Morgan fingerprint density at radius 3 is 2.30 bits per heavy atom. The Morgan fingerprint density at radius 2 is 1.60 bits per heavy atom. The molecule has 4 rings (SSSR count). The van der Waals surface area contributed by atoms with Crippen molar-refractivity contribution in [3.63, 3.8) is 0 Å². The van der Waals surface area contributed by atoms with Crippen LogP contribution in [0.15, 0.2) is 54.6 Å². The minimum atomic E-state index is -0.431. The van der Waals surface area contributed by atoms with Gasteiger partial charge in [-0.05, 0) is 23.8 Å². The van der Waals surface area contributed by atoms with Crippen molar-refractivity contribution in [3.8, 4) is 0 Å². The molecule has 2 aromatic carbocycles. The van der Waals surface area contributed by atoms with Crippen molar-refractivity contribution in [2.75, 3.05) is 56.6 Å². The fraction of sp³-hybridized carbons (Fsp3) is 0.417. The summed E-state index contributed by atoms with van der Waals surface area (Å²) in [6.45, 7) is 4.54. The first-order valence-electron chi connectivity index (χ1n) is 10.7. The maximum absolute atomic E-state index is 13.2. The molecular weight excluding hydrogens is 376 g/mol. The third kappa shape index (κ3) is 4.19. The quantitative estimate of drug-likeness (QED) is 0.764. The van der Waals surface area contributed by atoms with Crippen LogP contribution in [0.5, 0.6) is 0 Å². The van der Waals surface area contributed by atoms with Crippen molar-refractivity contribution in [2.45, 2.75) is 18.9 Å². The number of likely N-dealkylation sites (N-methyl/N-ethyl adjacent to an activating group) is 1. The maximum Gasteiger partial charge on any atom is 0.245 e. The molecule has 1 saturated heterocycles. The number of fused-ring (bicyclic) bond motifs is 1. The second-order valence-corrected chi connectivity index (χ2v) is 8.26. The number of benzene rings is 2. The Kier molecular flexibility index (Phi) is 6.04. The zero-order valence-corrected chi connectivity index (χ0v) is 17.8. The van der Waals surface area contributed by atoms with Gasteiger partial charge in [0.25, 0.3) is 0 Å². The number of rotatable bonds is 5. The first-order valence-corrected chi connectivity index (χ1v) is 10.7. The molecule has 2 aliphatic heterocycles. The van der Waals surface area contributed by atoms with E-state index in [4.69, 9.17) is 0 Å². The number of para-hydroxylation sites is 2. The van der Waals surface area contributed by atoms with E-state index in [1.165, 1.54) is 5.69 Å². The van der Waals surface area contributed by atoms with E-state index in [2.05, 4.69) is 34.1 Å². The Bertz CT molecular complexity index is 891. The van der Waals surface area contributed by atoms with Crippen LogP contribution in [0.4, 0.5) is 11.4 Å². The van der Waals surface area contributed by atoms with Gasteiger partial charge >= 0.3 is 0 Å². The van der Waals surface area contributed by atoms with Crippen LogP contribution >= 0.6 is 0 Å². The first-order chi connectivity index (χ1) is 14.5. The molecule has 0 N–H and O–H groups in total. The molecule has 2 aliphatic rings. The number of carbonyl (C=O) groups is 2. The molecule has 2 aromatic rings. The van der Waals surface area contributed by atoms with Gasteiger partial charge in [0.1, 0.15) is 6.04 Å². The van der Waals surface area contributed by atoms with Gasteiger partial charge in [0.2, 0.25) is 11.8 Å². The van der Waals surface area contributed by atoms with Gasteiger partial charge in [-0.25, -0.2) is 0 Å². The maximum atomic E-state index is 13.2. The van der Waals surface area contributed by atoms with Crippen molar-refractivity contribution < 1.29 is 9.59 Å². The summed E-state index contributed by atoms with van der Waals surface area (Å²) in [4.78, 5) is 34.0. The largest absolute Gasteiger partial charge is 0.369 e. The van der Waals surface area contributed by atoms with Crippen LogP contribution in [0.2, 0.25) is 0 Å². The minimum Gasteiger partial charge on any atom is -0.369 e. The molecule has 1 fully saturated rings. The number of amides is 2. The van der Waals surface area contributed by atoms with E-state index < -0.39 is 6.04 Å². The highest BCUT2D eigenvalue weighted by Gasteiger charge is 2.38. The molecule has 0 aliphatic carbocycles. The summed E-state index contributed by atoms with van der Waals surface area (Å²) < 4.78 is 0. The summed E-state index contributed by atoms with van der Waals surface area (Å²) in [5.41, 5.74) is 3.21. The molecule has 2 amide bonds. The average Bonchev–Trinajstić information content (AvgIpc) is 3.17. The summed E-state index contributed by atoms with van der Waals surface area (Å²) in [5, 5.41) is 0. The van der Waals surface area contributed by atoms with Crippen molar-refractivity contribution >= 4 is 23.2 Å². The second-order valence-electron chi connectivity index (χ2n) is 8.26. The molecule has 0 saturated carbocycles. The molecule has 1 unspecified atom stereocenters. The van der Waals surface area contributed by atoms with E-state index in [1.807, 2.05) is 30.3 Å². The van der Waals surface area contributed by atoms with Gasteiger partial charge in [-0.3, -0.25) is 19.4 Å². The van der Waals surface area contributed by atoms with Crippen LogP contribution in [-0.4, -0.2) is 74.5 Å². The van der Waals surface area contributed by atoms with Gasteiger partial charge in [0.05, 0.1) is 0 Å². The summed E-state index contributed by atoms with van der Waals surface area (Å²) >= 11 is 0. The molecule has 0 bridgehead atoms. The monoisotopic (exact) mass is 406 g/mol. The number of hydrogen-bond donors (Lipinski definition) is 0. The Hall–Kier alpha value is -2.86. The minimum absolute atomic E-state index is 0.0176. The van der Waals surface area contributed by atoms with Gasteiger partial charge in [-0.2, -0.15) is 0 Å². The van der Waals surface area contributed by atoms with Crippen LogP contribution in [0.3, 0.4) is 0 Å². The van der Waals surface area contributed by atoms with Gasteiger partial charge in [0.15, 0.2) is 0 Å². The summed E-state index contributed by atoms with van der Waals surface area (Å²) in [5.74, 6) is 0.0154. The van der Waals surface area contributed by atoms with Crippen LogP contribution in [0.25, 0.3) is 0 Å². The molecule has 0 spiro atoms. The molecule has 2 heterocycles. The topological polar surface area (TPSA) is 47.1 Å². The van der Waals surface area contributed by atoms with Gasteiger partial charge in [0, 0.05) is 71.0 Å². The third-order valence-electron chi connectivity index (χ3n) is 6.11. The smallest absolute Gasteiger partial charge is 0.245 e. The van der Waals surface area contributed by atoms with Crippen molar-refractivity contribution in [1.29, 1.82) is 0 Å². The average molecular weight is 407 g/mol. The standard InChI is InChI=1S/C24H30N4O2/c1-25(2)24(30)22-18-19-8-6-7-11-21(19)28(22)23(29)12-13-26-14-16-27(17-15-26)20-9-4-3-5-10-20/h3-11,22H,12-18H2,1-2H3. The lowest BCUT2D eigenvalue weighted by Gasteiger charge is -2.36.